The number of rotatable bonds is 10. The van der Waals surface area contributed by atoms with Gasteiger partial charge >= 0.3 is 5.97 Å². The summed E-state index contributed by atoms with van der Waals surface area (Å²) < 4.78 is 38.1. The van der Waals surface area contributed by atoms with Crippen LogP contribution >= 0.6 is 11.3 Å². The molecule has 0 bridgehead atoms. The van der Waals surface area contributed by atoms with Crippen LogP contribution in [0.1, 0.15) is 30.6 Å². The molecule has 0 atom stereocenters. The fraction of sp³-hybridized carbons (Fsp3) is 0.348. The van der Waals surface area contributed by atoms with Crippen LogP contribution in [-0.2, 0) is 30.7 Å². The lowest BCUT2D eigenvalue weighted by molar-refractivity contribution is -0.117. The van der Waals surface area contributed by atoms with E-state index < -0.39 is 21.7 Å². The molecule has 0 saturated heterocycles. The van der Waals surface area contributed by atoms with Gasteiger partial charge in [0.1, 0.15) is 0 Å². The van der Waals surface area contributed by atoms with E-state index in [-0.39, 0.29) is 23.7 Å². The van der Waals surface area contributed by atoms with Gasteiger partial charge < -0.3 is 14.0 Å². The van der Waals surface area contributed by atoms with Crippen LogP contribution in [0, 0.1) is 0 Å². The first-order valence-electron chi connectivity index (χ1n) is 10.6. The lowest BCUT2D eigenvalue weighted by Crippen LogP contribution is -2.20. The van der Waals surface area contributed by atoms with Crippen molar-refractivity contribution in [1.82, 2.24) is 4.57 Å². The molecular formula is C23H26N2O6S2. The number of carbonyl (C=O) groups excluding carboxylic acids is 2. The van der Waals surface area contributed by atoms with E-state index in [1.165, 1.54) is 23.5 Å². The van der Waals surface area contributed by atoms with Gasteiger partial charge in [0.25, 0.3) is 0 Å². The Morgan fingerprint density at radius 3 is 2.52 bits per heavy atom. The first-order valence-corrected chi connectivity index (χ1v) is 13.1. The predicted octanol–water partition coefficient (Wildman–Crippen LogP) is 3.21. The summed E-state index contributed by atoms with van der Waals surface area (Å²) in [5.74, 6) is -1.28. The third-order valence-corrected chi connectivity index (χ3v) is 7.54. The highest BCUT2D eigenvalue weighted by Crippen LogP contribution is 2.20. The molecule has 0 N–H and O–H groups in total. The Labute approximate surface area is 196 Å². The maximum absolute atomic E-state index is 12.6. The van der Waals surface area contributed by atoms with Crippen molar-refractivity contribution in [3.63, 3.8) is 0 Å². The number of hydrogen-bond donors (Lipinski definition) is 0. The highest BCUT2D eigenvalue weighted by Gasteiger charge is 2.17. The van der Waals surface area contributed by atoms with Crippen LogP contribution < -0.4 is 4.80 Å². The number of sulfone groups is 1. The quantitative estimate of drug-likeness (QED) is 0.319. The zero-order valence-electron chi connectivity index (χ0n) is 18.5. The Morgan fingerprint density at radius 2 is 1.82 bits per heavy atom. The Kier molecular flexibility index (Phi) is 8.54. The van der Waals surface area contributed by atoms with Gasteiger partial charge in [-0.1, -0.05) is 29.5 Å². The number of esters is 1. The average Bonchev–Trinajstić information content (AvgIpc) is 3.15. The molecule has 0 spiro atoms. The Bertz CT molecular complexity index is 1290. The monoisotopic (exact) mass is 490 g/mol. The lowest BCUT2D eigenvalue weighted by Gasteiger charge is -2.06. The van der Waals surface area contributed by atoms with Gasteiger partial charge in [-0.15, -0.1) is 0 Å². The Hall–Kier alpha value is -2.82. The van der Waals surface area contributed by atoms with Crippen molar-refractivity contribution in [2.75, 3.05) is 25.6 Å². The molecule has 3 rings (SSSR count). The van der Waals surface area contributed by atoms with Crippen LogP contribution in [0.5, 0.6) is 0 Å². The normalized spacial score (nSPS) is 12.2. The van der Waals surface area contributed by atoms with Gasteiger partial charge in [0, 0.05) is 19.6 Å². The summed E-state index contributed by atoms with van der Waals surface area (Å²) >= 11 is 1.25. The molecular weight excluding hydrogens is 464 g/mol. The first kappa shape index (κ1) is 24.8. The van der Waals surface area contributed by atoms with Crippen LogP contribution in [0.2, 0.25) is 0 Å². The third kappa shape index (κ3) is 6.37. The van der Waals surface area contributed by atoms with E-state index in [1.807, 2.05) is 11.5 Å². The molecule has 0 aliphatic carbocycles. The SMILES string of the molecule is CCOCCn1c(=NC(=O)CCS(=O)(=O)c2ccccc2)sc2cc(C(=O)OCC)ccc21. The molecule has 0 aliphatic heterocycles. The molecule has 0 radical (unpaired) electrons. The van der Waals surface area contributed by atoms with Crippen LogP contribution in [-0.4, -0.2) is 50.4 Å². The lowest BCUT2D eigenvalue weighted by atomic mass is 10.2. The van der Waals surface area contributed by atoms with Gasteiger partial charge in [0.15, 0.2) is 14.6 Å². The summed E-state index contributed by atoms with van der Waals surface area (Å²) in [6.07, 6.45) is -0.231. The van der Waals surface area contributed by atoms with Crippen LogP contribution in [0.4, 0.5) is 0 Å². The van der Waals surface area contributed by atoms with Gasteiger partial charge in [-0.2, -0.15) is 4.99 Å². The van der Waals surface area contributed by atoms with Crippen molar-refractivity contribution >= 4 is 43.3 Å². The highest BCUT2D eigenvalue weighted by molar-refractivity contribution is 7.91. The molecule has 0 unspecified atom stereocenters. The van der Waals surface area contributed by atoms with Crippen molar-refractivity contribution in [1.29, 1.82) is 0 Å². The predicted molar refractivity (Wildman–Crippen MR) is 126 cm³/mol. The summed E-state index contributed by atoms with van der Waals surface area (Å²) in [5.41, 5.74) is 1.21. The number of hydrogen-bond acceptors (Lipinski definition) is 7. The molecule has 1 heterocycles. The van der Waals surface area contributed by atoms with Crippen molar-refractivity contribution in [3.05, 3.63) is 58.9 Å². The minimum Gasteiger partial charge on any atom is -0.462 e. The van der Waals surface area contributed by atoms with E-state index in [9.17, 15) is 18.0 Å². The van der Waals surface area contributed by atoms with Crippen LogP contribution in [0.15, 0.2) is 58.4 Å². The fourth-order valence-electron chi connectivity index (χ4n) is 3.15. The van der Waals surface area contributed by atoms with Crippen molar-refractivity contribution in [2.45, 2.75) is 31.7 Å². The molecule has 33 heavy (non-hydrogen) atoms. The number of ether oxygens (including phenoxy) is 2. The highest BCUT2D eigenvalue weighted by atomic mass is 32.2. The van der Waals surface area contributed by atoms with Gasteiger partial charge in [0.2, 0.25) is 5.91 Å². The number of aromatic nitrogens is 1. The number of amides is 1. The number of thiazole rings is 1. The van der Waals surface area contributed by atoms with E-state index in [2.05, 4.69) is 4.99 Å². The summed E-state index contributed by atoms with van der Waals surface area (Å²) in [6.45, 7) is 5.34. The van der Waals surface area contributed by atoms with E-state index in [0.717, 1.165) is 10.2 Å². The molecule has 2 aromatic carbocycles. The molecule has 0 aliphatic rings. The van der Waals surface area contributed by atoms with E-state index in [0.29, 0.717) is 30.1 Å². The number of benzene rings is 2. The molecule has 1 aromatic heterocycles. The van der Waals surface area contributed by atoms with Crippen molar-refractivity contribution in [2.24, 2.45) is 4.99 Å². The maximum Gasteiger partial charge on any atom is 0.338 e. The molecule has 176 valence electrons. The Balaban J connectivity index is 1.89. The minimum absolute atomic E-state index is 0.179. The van der Waals surface area contributed by atoms with Gasteiger partial charge in [-0.25, -0.2) is 13.2 Å². The standard InChI is InChI=1S/C23H26N2O6S2/c1-3-30-14-13-25-19-11-10-17(22(27)31-4-2)16-20(19)32-23(25)24-21(26)12-15-33(28,29)18-8-6-5-7-9-18/h5-11,16H,3-4,12-15H2,1-2H3. The minimum atomic E-state index is -3.58. The van der Waals surface area contributed by atoms with Crippen molar-refractivity contribution < 1.29 is 27.5 Å². The molecule has 3 aromatic rings. The van der Waals surface area contributed by atoms with Crippen LogP contribution in [0.3, 0.4) is 0 Å². The molecule has 10 heteroatoms. The van der Waals surface area contributed by atoms with E-state index in [1.54, 1.807) is 43.3 Å². The van der Waals surface area contributed by atoms with E-state index in [4.69, 9.17) is 9.47 Å². The average molecular weight is 491 g/mol. The number of nitrogens with zero attached hydrogens (tertiary/aromatic N) is 2. The smallest absolute Gasteiger partial charge is 0.338 e. The maximum atomic E-state index is 12.6. The number of carbonyl (C=O) groups is 2. The second-order valence-corrected chi connectivity index (χ2v) is 10.1. The summed E-state index contributed by atoms with van der Waals surface area (Å²) in [6, 6.07) is 13.2. The van der Waals surface area contributed by atoms with Gasteiger partial charge in [0.05, 0.1) is 39.6 Å². The first-order chi connectivity index (χ1) is 15.9. The number of fused-ring (bicyclic) bond motifs is 1. The largest absolute Gasteiger partial charge is 0.462 e. The van der Waals surface area contributed by atoms with E-state index >= 15 is 0 Å². The summed E-state index contributed by atoms with van der Waals surface area (Å²) in [5, 5.41) is 0. The topological polar surface area (TPSA) is 104 Å². The molecule has 1 amide bonds. The molecule has 0 fully saturated rings. The molecule has 8 nitrogen and oxygen atoms in total. The van der Waals surface area contributed by atoms with Gasteiger partial charge in [-0.05, 0) is 44.2 Å². The second-order valence-electron chi connectivity index (χ2n) is 7.02. The summed E-state index contributed by atoms with van der Waals surface area (Å²) in [4.78, 5) is 29.4. The zero-order chi connectivity index (χ0) is 23.8. The molecule has 0 saturated carbocycles. The Morgan fingerprint density at radius 1 is 1.06 bits per heavy atom. The third-order valence-electron chi connectivity index (χ3n) is 4.76. The summed E-state index contributed by atoms with van der Waals surface area (Å²) in [7, 11) is -3.58. The second kappa shape index (κ2) is 11.4. The zero-order valence-corrected chi connectivity index (χ0v) is 20.2. The fourth-order valence-corrected chi connectivity index (χ4v) is 5.51. The van der Waals surface area contributed by atoms with Crippen molar-refractivity contribution in [3.8, 4) is 0 Å². The van der Waals surface area contributed by atoms with Gasteiger partial charge in [-0.3, -0.25) is 4.79 Å². The van der Waals surface area contributed by atoms with Crippen LogP contribution in [0.25, 0.3) is 10.2 Å².